The number of amides is 2. The first-order valence-corrected chi connectivity index (χ1v) is 12.1. The summed E-state index contributed by atoms with van der Waals surface area (Å²) in [6.45, 7) is 3.55. The van der Waals surface area contributed by atoms with E-state index in [1.54, 1.807) is 25.4 Å². The number of methoxy groups -OCH3 is 1. The second-order valence-corrected chi connectivity index (χ2v) is 9.02. The summed E-state index contributed by atoms with van der Waals surface area (Å²) >= 11 is 0. The Hall–Kier alpha value is -3.75. The molecule has 0 aliphatic carbocycles. The Morgan fingerprint density at radius 1 is 1.19 bits per heavy atom. The standard InChI is InChI=1S/C28H32N4O4/c1-19(33)30-22-5-3-4-20(16-22)6-9-28(35)31-21-11-14-32(15-12-21)18-27(34)24-10-13-29-26-8-7-23(36-2)17-25(24)26/h3-10,13,16-17,21,27,34H,11-12,14-15,18H2,1-2H3,(H,30,33)(H,31,35)/b9-6+/t27-/m0/s1. The number of hydrogen-bond donors (Lipinski definition) is 3. The minimum atomic E-state index is -0.648. The molecule has 1 aliphatic rings. The van der Waals surface area contributed by atoms with Crippen molar-refractivity contribution in [1.82, 2.24) is 15.2 Å². The number of anilines is 1. The van der Waals surface area contributed by atoms with E-state index < -0.39 is 6.10 Å². The summed E-state index contributed by atoms with van der Waals surface area (Å²) in [5, 5.41) is 17.7. The Kier molecular flexibility index (Phi) is 8.30. The number of aliphatic hydroxyl groups excluding tert-OH is 1. The highest BCUT2D eigenvalue weighted by Crippen LogP contribution is 2.27. The van der Waals surface area contributed by atoms with Gasteiger partial charge >= 0.3 is 0 Å². The van der Waals surface area contributed by atoms with Gasteiger partial charge in [-0.1, -0.05) is 12.1 Å². The monoisotopic (exact) mass is 488 g/mol. The number of fused-ring (bicyclic) bond motifs is 1. The number of ether oxygens (including phenoxy) is 1. The second-order valence-electron chi connectivity index (χ2n) is 9.02. The number of rotatable bonds is 8. The SMILES string of the molecule is COc1ccc2nccc([C@@H](O)CN3CCC(NC(=O)/C=C/c4cccc(NC(C)=O)c4)CC3)c2c1. The Morgan fingerprint density at radius 3 is 2.75 bits per heavy atom. The molecule has 0 spiro atoms. The van der Waals surface area contributed by atoms with Crippen LogP contribution in [0.3, 0.4) is 0 Å². The zero-order chi connectivity index (χ0) is 25.5. The lowest BCUT2D eigenvalue weighted by atomic mass is 10.0. The van der Waals surface area contributed by atoms with Crippen LogP contribution in [0.4, 0.5) is 5.69 Å². The molecular formula is C28H32N4O4. The number of aliphatic hydroxyl groups is 1. The molecule has 1 aliphatic heterocycles. The molecule has 2 aromatic carbocycles. The highest BCUT2D eigenvalue weighted by atomic mass is 16.5. The minimum Gasteiger partial charge on any atom is -0.497 e. The quantitative estimate of drug-likeness (QED) is 0.419. The van der Waals surface area contributed by atoms with E-state index in [9.17, 15) is 14.7 Å². The Morgan fingerprint density at radius 2 is 2.00 bits per heavy atom. The van der Waals surface area contributed by atoms with Crippen LogP contribution >= 0.6 is 0 Å². The molecule has 1 atom stereocenters. The number of piperidine rings is 1. The Balaban J connectivity index is 1.28. The third-order valence-electron chi connectivity index (χ3n) is 6.34. The number of carbonyl (C=O) groups is 2. The fourth-order valence-electron chi connectivity index (χ4n) is 4.51. The summed E-state index contributed by atoms with van der Waals surface area (Å²) in [5.74, 6) is 0.452. The van der Waals surface area contributed by atoms with E-state index in [0.29, 0.717) is 12.2 Å². The summed E-state index contributed by atoms with van der Waals surface area (Å²) in [4.78, 5) is 30.3. The van der Waals surface area contributed by atoms with Crippen molar-refractivity contribution in [2.45, 2.75) is 31.9 Å². The molecule has 188 valence electrons. The number of β-amino-alcohol motifs (C(OH)–C–C–N with tert-alkyl or cyclic N) is 1. The van der Waals surface area contributed by atoms with E-state index in [0.717, 1.165) is 53.7 Å². The summed E-state index contributed by atoms with van der Waals surface area (Å²) < 4.78 is 5.34. The highest BCUT2D eigenvalue weighted by molar-refractivity contribution is 5.92. The number of pyridine rings is 1. The molecule has 1 aromatic heterocycles. The van der Waals surface area contributed by atoms with Gasteiger partial charge in [0.25, 0.3) is 0 Å². The molecule has 0 radical (unpaired) electrons. The number of benzene rings is 2. The molecule has 8 heteroatoms. The molecule has 2 amide bonds. The molecule has 4 rings (SSSR count). The first-order chi connectivity index (χ1) is 17.4. The average molecular weight is 489 g/mol. The maximum atomic E-state index is 12.4. The molecule has 1 fully saturated rings. The van der Waals surface area contributed by atoms with Gasteiger partial charge in [0.15, 0.2) is 0 Å². The van der Waals surface area contributed by atoms with Gasteiger partial charge < -0.3 is 25.4 Å². The third-order valence-corrected chi connectivity index (χ3v) is 6.34. The van der Waals surface area contributed by atoms with Crippen molar-refractivity contribution >= 4 is 34.5 Å². The van der Waals surface area contributed by atoms with Crippen LogP contribution in [0.15, 0.2) is 60.8 Å². The Labute approximate surface area is 211 Å². The predicted molar refractivity (Wildman–Crippen MR) is 141 cm³/mol. The van der Waals surface area contributed by atoms with Crippen molar-refractivity contribution in [1.29, 1.82) is 0 Å². The van der Waals surface area contributed by atoms with E-state index in [4.69, 9.17) is 4.74 Å². The first kappa shape index (κ1) is 25.3. The average Bonchev–Trinajstić information content (AvgIpc) is 2.87. The number of aromatic nitrogens is 1. The smallest absolute Gasteiger partial charge is 0.244 e. The lowest BCUT2D eigenvalue weighted by molar-refractivity contribution is -0.117. The predicted octanol–water partition coefficient (Wildman–Crippen LogP) is 3.53. The molecule has 2 heterocycles. The van der Waals surface area contributed by atoms with Crippen LogP contribution in [0, 0.1) is 0 Å². The van der Waals surface area contributed by atoms with Crippen LogP contribution in [-0.2, 0) is 9.59 Å². The van der Waals surface area contributed by atoms with Gasteiger partial charge in [-0.05, 0) is 66.4 Å². The molecule has 3 aromatic rings. The number of nitrogens with zero attached hydrogens (tertiary/aromatic N) is 2. The zero-order valence-corrected chi connectivity index (χ0v) is 20.6. The zero-order valence-electron chi connectivity index (χ0n) is 20.6. The van der Waals surface area contributed by atoms with Crippen LogP contribution in [0.5, 0.6) is 5.75 Å². The molecule has 3 N–H and O–H groups in total. The number of nitrogens with one attached hydrogen (secondary N) is 2. The number of likely N-dealkylation sites (tertiary alicyclic amines) is 1. The Bertz CT molecular complexity index is 1250. The molecule has 0 saturated carbocycles. The van der Waals surface area contributed by atoms with E-state index in [2.05, 4.69) is 20.5 Å². The van der Waals surface area contributed by atoms with Crippen molar-refractivity contribution in [3.05, 3.63) is 71.9 Å². The van der Waals surface area contributed by atoms with Crippen LogP contribution < -0.4 is 15.4 Å². The second kappa shape index (κ2) is 11.8. The summed E-state index contributed by atoms with van der Waals surface area (Å²) in [7, 11) is 1.62. The fraction of sp³-hybridized carbons (Fsp3) is 0.321. The number of hydrogen-bond acceptors (Lipinski definition) is 6. The third kappa shape index (κ3) is 6.68. The van der Waals surface area contributed by atoms with Gasteiger partial charge in [-0.15, -0.1) is 0 Å². The lowest BCUT2D eigenvalue weighted by Crippen LogP contribution is -2.45. The van der Waals surface area contributed by atoms with Crippen molar-refractivity contribution in [2.24, 2.45) is 0 Å². The van der Waals surface area contributed by atoms with E-state index in [-0.39, 0.29) is 17.9 Å². The van der Waals surface area contributed by atoms with E-state index in [1.807, 2.05) is 42.5 Å². The van der Waals surface area contributed by atoms with Crippen molar-refractivity contribution < 1.29 is 19.4 Å². The van der Waals surface area contributed by atoms with E-state index in [1.165, 1.54) is 13.0 Å². The topological polar surface area (TPSA) is 104 Å². The molecule has 1 saturated heterocycles. The molecule has 0 unspecified atom stereocenters. The van der Waals surface area contributed by atoms with Crippen molar-refractivity contribution in [3.8, 4) is 5.75 Å². The largest absolute Gasteiger partial charge is 0.497 e. The van der Waals surface area contributed by atoms with Gasteiger partial charge in [-0.3, -0.25) is 14.6 Å². The van der Waals surface area contributed by atoms with Gasteiger partial charge in [0.2, 0.25) is 11.8 Å². The van der Waals surface area contributed by atoms with Crippen molar-refractivity contribution in [3.63, 3.8) is 0 Å². The van der Waals surface area contributed by atoms with Crippen molar-refractivity contribution in [2.75, 3.05) is 32.1 Å². The summed E-state index contributed by atoms with van der Waals surface area (Å²) in [5.41, 5.74) is 3.19. The van der Waals surface area contributed by atoms with E-state index >= 15 is 0 Å². The maximum absolute atomic E-state index is 12.4. The molecular weight excluding hydrogens is 456 g/mol. The van der Waals surface area contributed by atoms with Crippen LogP contribution in [-0.4, -0.2) is 59.6 Å². The van der Waals surface area contributed by atoms with Gasteiger partial charge in [-0.25, -0.2) is 0 Å². The lowest BCUT2D eigenvalue weighted by Gasteiger charge is -2.33. The summed E-state index contributed by atoms with van der Waals surface area (Å²) in [6.07, 6.45) is 5.96. The maximum Gasteiger partial charge on any atom is 0.244 e. The molecule has 0 bridgehead atoms. The molecule has 8 nitrogen and oxygen atoms in total. The number of carbonyl (C=O) groups excluding carboxylic acids is 2. The van der Waals surface area contributed by atoms with Gasteiger partial charge in [0, 0.05) is 55.9 Å². The summed E-state index contributed by atoms with van der Waals surface area (Å²) in [6, 6.07) is 14.9. The fourth-order valence-corrected chi connectivity index (χ4v) is 4.51. The van der Waals surface area contributed by atoms with Crippen LogP contribution in [0.25, 0.3) is 17.0 Å². The normalized spacial score (nSPS) is 15.6. The van der Waals surface area contributed by atoms with Gasteiger partial charge in [-0.2, -0.15) is 0 Å². The minimum absolute atomic E-state index is 0.0901. The van der Waals surface area contributed by atoms with Crippen LogP contribution in [0.1, 0.15) is 37.0 Å². The first-order valence-electron chi connectivity index (χ1n) is 12.1. The molecule has 36 heavy (non-hydrogen) atoms. The van der Waals surface area contributed by atoms with Crippen LogP contribution in [0.2, 0.25) is 0 Å². The van der Waals surface area contributed by atoms with Gasteiger partial charge in [0.05, 0.1) is 18.7 Å². The van der Waals surface area contributed by atoms with Gasteiger partial charge in [0.1, 0.15) is 5.75 Å². The highest BCUT2D eigenvalue weighted by Gasteiger charge is 2.23.